The van der Waals surface area contributed by atoms with Crippen molar-refractivity contribution in [1.82, 2.24) is 0 Å². The van der Waals surface area contributed by atoms with E-state index >= 15 is 0 Å². The molecule has 6 nitrogen and oxygen atoms in total. The number of hydrogen-bond acceptors (Lipinski definition) is 4. The van der Waals surface area contributed by atoms with Crippen molar-refractivity contribution < 1.29 is 17.9 Å². The molecule has 0 saturated heterocycles. The quantitative estimate of drug-likeness (QED) is 0.509. The van der Waals surface area contributed by atoms with Crippen LogP contribution in [0.25, 0.3) is 0 Å². The minimum absolute atomic E-state index is 0.0497. The predicted octanol–water partition coefficient (Wildman–Crippen LogP) is 5.14. The van der Waals surface area contributed by atoms with E-state index in [-0.39, 0.29) is 15.6 Å². The molecule has 0 fully saturated rings. The Labute approximate surface area is 191 Å². The zero-order valence-electron chi connectivity index (χ0n) is 16.8. The number of halogens is 2. The number of hydrogen-bond donors (Lipinski definition) is 1. The SMILES string of the molecule is COc1ccc(N(CC(=O)Nc2cc(Cl)ccc2C)S(=O)(=O)c2ccccc2)cc1Cl. The van der Waals surface area contributed by atoms with Gasteiger partial charge in [-0.05, 0) is 55.0 Å². The molecule has 0 spiro atoms. The van der Waals surface area contributed by atoms with Crippen LogP contribution in [0.15, 0.2) is 71.6 Å². The van der Waals surface area contributed by atoms with Crippen molar-refractivity contribution in [2.24, 2.45) is 0 Å². The van der Waals surface area contributed by atoms with Gasteiger partial charge in [-0.25, -0.2) is 8.42 Å². The van der Waals surface area contributed by atoms with Crippen molar-refractivity contribution in [3.8, 4) is 5.75 Å². The highest BCUT2D eigenvalue weighted by molar-refractivity contribution is 7.92. The molecule has 0 unspecified atom stereocenters. The summed E-state index contributed by atoms with van der Waals surface area (Å²) in [6.07, 6.45) is 0. The van der Waals surface area contributed by atoms with Gasteiger partial charge in [0.05, 0.1) is 22.7 Å². The van der Waals surface area contributed by atoms with Crippen LogP contribution in [0.5, 0.6) is 5.75 Å². The van der Waals surface area contributed by atoms with Crippen LogP contribution in [0.2, 0.25) is 10.0 Å². The molecule has 31 heavy (non-hydrogen) atoms. The first kappa shape index (κ1) is 22.9. The maximum absolute atomic E-state index is 13.4. The summed E-state index contributed by atoms with van der Waals surface area (Å²) in [5.74, 6) is -0.140. The van der Waals surface area contributed by atoms with Crippen LogP contribution in [0.3, 0.4) is 0 Å². The Morgan fingerprint density at radius 3 is 2.39 bits per heavy atom. The third-order valence-corrected chi connectivity index (χ3v) is 6.83. The maximum Gasteiger partial charge on any atom is 0.264 e. The van der Waals surface area contributed by atoms with Crippen molar-refractivity contribution in [2.75, 3.05) is 23.3 Å². The fourth-order valence-electron chi connectivity index (χ4n) is 2.89. The highest BCUT2D eigenvalue weighted by Crippen LogP contribution is 2.32. The van der Waals surface area contributed by atoms with Gasteiger partial charge in [0.2, 0.25) is 5.91 Å². The number of carbonyl (C=O) groups excluding carboxylic acids is 1. The zero-order chi connectivity index (χ0) is 22.6. The summed E-state index contributed by atoms with van der Waals surface area (Å²) in [4.78, 5) is 12.9. The molecule has 0 aliphatic carbocycles. The molecule has 0 atom stereocenters. The first-order valence-corrected chi connectivity index (χ1v) is 11.4. The molecule has 0 heterocycles. The van der Waals surface area contributed by atoms with Crippen molar-refractivity contribution in [3.63, 3.8) is 0 Å². The lowest BCUT2D eigenvalue weighted by atomic mass is 10.2. The van der Waals surface area contributed by atoms with Crippen molar-refractivity contribution in [2.45, 2.75) is 11.8 Å². The molecular formula is C22H20Cl2N2O4S. The number of methoxy groups -OCH3 is 1. The lowest BCUT2D eigenvalue weighted by Crippen LogP contribution is -2.38. The van der Waals surface area contributed by atoms with Crippen LogP contribution in [0.1, 0.15) is 5.56 Å². The normalized spacial score (nSPS) is 11.1. The van der Waals surface area contributed by atoms with E-state index in [2.05, 4.69) is 5.32 Å². The summed E-state index contributed by atoms with van der Waals surface area (Å²) in [5, 5.41) is 3.40. The third-order valence-electron chi connectivity index (χ3n) is 4.52. The van der Waals surface area contributed by atoms with Gasteiger partial charge in [-0.2, -0.15) is 0 Å². The Bertz CT molecular complexity index is 1200. The predicted molar refractivity (Wildman–Crippen MR) is 124 cm³/mol. The van der Waals surface area contributed by atoms with Gasteiger partial charge in [0.25, 0.3) is 10.0 Å². The van der Waals surface area contributed by atoms with Gasteiger partial charge in [0.15, 0.2) is 0 Å². The van der Waals surface area contributed by atoms with Gasteiger partial charge in [-0.1, -0.05) is 47.5 Å². The Morgan fingerprint density at radius 2 is 1.74 bits per heavy atom. The monoisotopic (exact) mass is 478 g/mol. The Kier molecular flexibility index (Phi) is 7.10. The summed E-state index contributed by atoms with van der Waals surface area (Å²) in [7, 11) is -2.59. The molecule has 162 valence electrons. The number of carbonyl (C=O) groups is 1. The summed E-state index contributed by atoms with van der Waals surface area (Å²) in [6, 6.07) is 17.5. The lowest BCUT2D eigenvalue weighted by molar-refractivity contribution is -0.114. The molecular weight excluding hydrogens is 459 g/mol. The largest absolute Gasteiger partial charge is 0.495 e. The topological polar surface area (TPSA) is 75.7 Å². The summed E-state index contributed by atoms with van der Waals surface area (Å²) >= 11 is 12.2. The fourth-order valence-corrected chi connectivity index (χ4v) is 4.75. The second kappa shape index (κ2) is 9.60. The molecule has 1 amide bonds. The zero-order valence-corrected chi connectivity index (χ0v) is 19.1. The number of nitrogens with one attached hydrogen (secondary N) is 1. The number of aryl methyl sites for hydroxylation is 1. The third kappa shape index (κ3) is 5.31. The Hall–Kier alpha value is -2.74. The van der Waals surface area contributed by atoms with Gasteiger partial charge in [0.1, 0.15) is 12.3 Å². The number of amides is 1. The number of benzene rings is 3. The highest BCUT2D eigenvalue weighted by Gasteiger charge is 2.28. The van der Waals surface area contributed by atoms with Gasteiger partial charge < -0.3 is 10.1 Å². The van der Waals surface area contributed by atoms with Gasteiger partial charge >= 0.3 is 0 Å². The molecule has 0 aliphatic heterocycles. The molecule has 0 saturated carbocycles. The van der Waals surface area contributed by atoms with E-state index in [9.17, 15) is 13.2 Å². The lowest BCUT2D eigenvalue weighted by Gasteiger charge is -2.25. The smallest absolute Gasteiger partial charge is 0.264 e. The van der Waals surface area contributed by atoms with E-state index in [1.54, 1.807) is 42.5 Å². The van der Waals surface area contributed by atoms with Crippen LogP contribution in [-0.4, -0.2) is 28.0 Å². The molecule has 3 aromatic rings. The summed E-state index contributed by atoms with van der Waals surface area (Å²) < 4.78 is 32.9. The molecule has 0 radical (unpaired) electrons. The van der Waals surface area contributed by atoms with Gasteiger partial charge in [-0.3, -0.25) is 9.10 Å². The average molecular weight is 479 g/mol. The van der Waals surface area contributed by atoms with Crippen LogP contribution >= 0.6 is 23.2 Å². The van der Waals surface area contributed by atoms with E-state index in [4.69, 9.17) is 27.9 Å². The van der Waals surface area contributed by atoms with Gasteiger partial charge in [-0.15, -0.1) is 0 Å². The molecule has 3 rings (SSSR count). The van der Waals surface area contributed by atoms with Crippen molar-refractivity contribution >= 4 is 50.5 Å². The Morgan fingerprint density at radius 1 is 1.03 bits per heavy atom. The minimum atomic E-state index is -4.05. The van der Waals surface area contributed by atoms with E-state index in [1.807, 2.05) is 6.92 Å². The maximum atomic E-state index is 13.4. The molecule has 0 aliphatic rings. The number of rotatable bonds is 7. The number of nitrogens with zero attached hydrogens (tertiary/aromatic N) is 1. The first-order valence-electron chi connectivity index (χ1n) is 9.19. The first-order chi connectivity index (χ1) is 14.7. The van der Waals surface area contributed by atoms with Gasteiger partial charge in [0, 0.05) is 10.7 Å². The van der Waals surface area contributed by atoms with E-state index in [0.29, 0.717) is 16.5 Å². The molecule has 0 aromatic heterocycles. The molecule has 3 aromatic carbocycles. The second-order valence-electron chi connectivity index (χ2n) is 6.65. The molecule has 1 N–H and O–H groups in total. The highest BCUT2D eigenvalue weighted by atomic mass is 35.5. The Balaban J connectivity index is 1.99. The number of sulfonamides is 1. The van der Waals surface area contributed by atoms with Crippen molar-refractivity contribution in [1.29, 1.82) is 0 Å². The number of anilines is 2. The van der Waals surface area contributed by atoms with Crippen LogP contribution in [0, 0.1) is 6.92 Å². The summed E-state index contributed by atoms with van der Waals surface area (Å²) in [5.41, 5.74) is 1.53. The average Bonchev–Trinajstić information content (AvgIpc) is 2.75. The van der Waals surface area contributed by atoms with E-state index in [1.165, 1.54) is 31.4 Å². The number of ether oxygens (including phenoxy) is 1. The van der Waals surface area contributed by atoms with Crippen LogP contribution in [0.4, 0.5) is 11.4 Å². The molecule has 0 bridgehead atoms. The van der Waals surface area contributed by atoms with Crippen LogP contribution < -0.4 is 14.4 Å². The molecule has 9 heteroatoms. The van der Waals surface area contributed by atoms with Crippen LogP contribution in [-0.2, 0) is 14.8 Å². The second-order valence-corrected chi connectivity index (χ2v) is 9.36. The summed E-state index contributed by atoms with van der Waals surface area (Å²) in [6.45, 7) is 1.35. The van der Waals surface area contributed by atoms with Crippen molar-refractivity contribution in [3.05, 3.63) is 82.3 Å². The fraction of sp³-hybridized carbons (Fsp3) is 0.136. The standard InChI is InChI=1S/C22H20Cl2N2O4S/c1-15-8-9-16(23)12-20(15)25-22(27)14-26(17-10-11-21(30-2)19(24)13-17)31(28,29)18-6-4-3-5-7-18/h3-13H,14H2,1-2H3,(H,25,27). The van der Waals surface area contributed by atoms with E-state index < -0.39 is 22.5 Å². The minimum Gasteiger partial charge on any atom is -0.495 e. The van der Waals surface area contributed by atoms with E-state index in [0.717, 1.165) is 9.87 Å².